The minimum Gasteiger partial charge on any atom is -0.351 e. The fourth-order valence-electron chi connectivity index (χ4n) is 1.26. The molecule has 1 aromatic heterocycles. The molecular weight excluding hydrogens is 194 g/mol. The zero-order valence-electron chi connectivity index (χ0n) is 8.80. The third-order valence-electron chi connectivity index (χ3n) is 2.13. The first-order valence-corrected chi connectivity index (χ1v) is 5.96. The topological polar surface area (TPSA) is 29.1 Å². The van der Waals surface area contributed by atoms with Gasteiger partial charge in [-0.05, 0) is 30.4 Å². The molecule has 1 rings (SSSR count). The van der Waals surface area contributed by atoms with Crippen LogP contribution in [0.2, 0.25) is 0 Å². The number of aryl methyl sites for hydroxylation is 1. The average Bonchev–Trinajstić information content (AvgIpc) is 2.59. The van der Waals surface area contributed by atoms with E-state index < -0.39 is 0 Å². The number of carbonyl (C=O) groups excluding carboxylic acids is 1. The quantitative estimate of drug-likeness (QED) is 0.745. The lowest BCUT2D eigenvalue weighted by molar-refractivity contribution is 0.0956. The van der Waals surface area contributed by atoms with Gasteiger partial charge >= 0.3 is 0 Å². The monoisotopic (exact) mass is 211 g/mol. The first kappa shape index (κ1) is 11.2. The van der Waals surface area contributed by atoms with Crippen molar-refractivity contribution in [2.75, 3.05) is 6.54 Å². The van der Waals surface area contributed by atoms with Crippen molar-refractivity contribution in [2.24, 2.45) is 0 Å². The summed E-state index contributed by atoms with van der Waals surface area (Å²) in [6.45, 7) is 4.92. The molecule has 0 radical (unpaired) electrons. The summed E-state index contributed by atoms with van der Waals surface area (Å²) in [6.07, 6.45) is 3.45. The molecule has 1 amide bonds. The maximum Gasteiger partial charge on any atom is 0.261 e. The van der Waals surface area contributed by atoms with Crippen molar-refractivity contribution < 1.29 is 4.79 Å². The van der Waals surface area contributed by atoms with Gasteiger partial charge < -0.3 is 5.32 Å². The molecule has 0 saturated carbocycles. The molecule has 0 aliphatic rings. The summed E-state index contributed by atoms with van der Waals surface area (Å²) in [7, 11) is 0. The van der Waals surface area contributed by atoms with Crippen LogP contribution in [0.5, 0.6) is 0 Å². The summed E-state index contributed by atoms with van der Waals surface area (Å²) in [6, 6.07) is 1.98. The largest absolute Gasteiger partial charge is 0.351 e. The highest BCUT2D eigenvalue weighted by molar-refractivity contribution is 7.12. The Labute approximate surface area is 89.3 Å². The summed E-state index contributed by atoms with van der Waals surface area (Å²) in [5, 5.41) is 4.89. The van der Waals surface area contributed by atoms with Gasteiger partial charge in [0.1, 0.15) is 0 Å². The second kappa shape index (κ2) is 5.81. The molecule has 0 fully saturated rings. The number of hydrogen-bond donors (Lipinski definition) is 1. The fraction of sp³-hybridized carbons (Fsp3) is 0.545. The molecule has 0 atom stereocenters. The van der Waals surface area contributed by atoms with Crippen LogP contribution in [0.3, 0.4) is 0 Å². The van der Waals surface area contributed by atoms with Gasteiger partial charge in [-0.2, -0.15) is 0 Å². The van der Waals surface area contributed by atoms with E-state index in [1.54, 1.807) is 0 Å². The molecule has 0 aliphatic heterocycles. The van der Waals surface area contributed by atoms with Gasteiger partial charge in [0.2, 0.25) is 0 Å². The second-order valence-corrected chi connectivity index (χ2v) is 4.31. The van der Waals surface area contributed by atoms with Crippen LogP contribution in [0.15, 0.2) is 11.4 Å². The lowest BCUT2D eigenvalue weighted by Gasteiger charge is -2.03. The average molecular weight is 211 g/mol. The van der Waals surface area contributed by atoms with Crippen molar-refractivity contribution in [1.82, 2.24) is 5.32 Å². The first-order chi connectivity index (χ1) is 6.75. The van der Waals surface area contributed by atoms with E-state index in [1.165, 1.54) is 24.2 Å². The maximum atomic E-state index is 11.6. The fourth-order valence-corrected chi connectivity index (χ4v) is 2.10. The first-order valence-electron chi connectivity index (χ1n) is 5.08. The SMILES string of the molecule is CCCCCNC(=O)c1sccc1C. The Morgan fingerprint density at radius 3 is 2.86 bits per heavy atom. The highest BCUT2D eigenvalue weighted by atomic mass is 32.1. The third-order valence-corrected chi connectivity index (χ3v) is 3.15. The normalized spacial score (nSPS) is 10.1. The lowest BCUT2D eigenvalue weighted by atomic mass is 10.2. The van der Waals surface area contributed by atoms with Crippen molar-refractivity contribution >= 4 is 17.2 Å². The van der Waals surface area contributed by atoms with E-state index in [0.717, 1.165) is 23.4 Å². The minimum atomic E-state index is 0.0774. The number of rotatable bonds is 5. The van der Waals surface area contributed by atoms with Crippen LogP contribution < -0.4 is 5.32 Å². The molecule has 1 aromatic rings. The molecule has 0 aromatic carbocycles. The van der Waals surface area contributed by atoms with Crippen LogP contribution in [-0.4, -0.2) is 12.5 Å². The molecule has 0 saturated heterocycles. The van der Waals surface area contributed by atoms with Gasteiger partial charge in [-0.15, -0.1) is 11.3 Å². The number of carbonyl (C=O) groups is 1. The number of hydrogen-bond acceptors (Lipinski definition) is 2. The van der Waals surface area contributed by atoms with E-state index in [2.05, 4.69) is 12.2 Å². The third kappa shape index (κ3) is 3.14. The van der Waals surface area contributed by atoms with Gasteiger partial charge in [0, 0.05) is 6.54 Å². The summed E-state index contributed by atoms with van der Waals surface area (Å²) in [5.41, 5.74) is 1.07. The van der Waals surface area contributed by atoms with Crippen molar-refractivity contribution in [3.63, 3.8) is 0 Å². The van der Waals surface area contributed by atoms with Gasteiger partial charge in [-0.3, -0.25) is 4.79 Å². The highest BCUT2D eigenvalue weighted by Gasteiger charge is 2.08. The number of amides is 1. The van der Waals surface area contributed by atoms with Crippen molar-refractivity contribution in [3.8, 4) is 0 Å². The van der Waals surface area contributed by atoms with Gasteiger partial charge in [0.25, 0.3) is 5.91 Å². The number of unbranched alkanes of at least 4 members (excludes halogenated alkanes) is 2. The molecule has 0 spiro atoms. The molecule has 3 heteroatoms. The Balaban J connectivity index is 2.32. The molecule has 1 heterocycles. The Morgan fingerprint density at radius 1 is 1.50 bits per heavy atom. The van der Waals surface area contributed by atoms with Crippen LogP contribution in [0.1, 0.15) is 41.4 Å². The predicted octanol–water partition coefficient (Wildman–Crippen LogP) is 2.98. The predicted molar refractivity (Wildman–Crippen MR) is 60.9 cm³/mol. The molecule has 1 N–H and O–H groups in total. The van der Waals surface area contributed by atoms with Gasteiger partial charge in [0.05, 0.1) is 4.88 Å². The van der Waals surface area contributed by atoms with Crippen LogP contribution in [0, 0.1) is 6.92 Å². The van der Waals surface area contributed by atoms with E-state index in [0.29, 0.717) is 0 Å². The van der Waals surface area contributed by atoms with E-state index >= 15 is 0 Å². The van der Waals surface area contributed by atoms with Crippen LogP contribution >= 0.6 is 11.3 Å². The van der Waals surface area contributed by atoms with Gasteiger partial charge in [0.15, 0.2) is 0 Å². The number of nitrogens with one attached hydrogen (secondary N) is 1. The molecule has 2 nitrogen and oxygen atoms in total. The van der Waals surface area contributed by atoms with Crippen LogP contribution in [0.25, 0.3) is 0 Å². The molecule has 78 valence electrons. The van der Waals surface area contributed by atoms with Gasteiger partial charge in [-0.25, -0.2) is 0 Å². The molecule has 0 aliphatic carbocycles. The maximum absolute atomic E-state index is 11.6. The molecule has 0 unspecified atom stereocenters. The molecular formula is C11H17NOS. The summed E-state index contributed by atoms with van der Waals surface area (Å²) in [5.74, 6) is 0.0774. The van der Waals surface area contributed by atoms with E-state index in [4.69, 9.17) is 0 Å². The van der Waals surface area contributed by atoms with E-state index in [1.807, 2.05) is 18.4 Å². The smallest absolute Gasteiger partial charge is 0.261 e. The van der Waals surface area contributed by atoms with Crippen LogP contribution in [-0.2, 0) is 0 Å². The summed E-state index contributed by atoms with van der Waals surface area (Å²) in [4.78, 5) is 12.4. The summed E-state index contributed by atoms with van der Waals surface area (Å²) >= 11 is 1.51. The Morgan fingerprint density at radius 2 is 2.29 bits per heavy atom. The molecule has 14 heavy (non-hydrogen) atoms. The zero-order valence-corrected chi connectivity index (χ0v) is 9.62. The molecule has 0 bridgehead atoms. The standard InChI is InChI=1S/C11H17NOS/c1-3-4-5-7-12-11(13)10-9(2)6-8-14-10/h6,8H,3-5,7H2,1-2H3,(H,12,13). The Kier molecular flexibility index (Phi) is 4.66. The lowest BCUT2D eigenvalue weighted by Crippen LogP contribution is -2.24. The van der Waals surface area contributed by atoms with Crippen LogP contribution in [0.4, 0.5) is 0 Å². The zero-order chi connectivity index (χ0) is 10.4. The van der Waals surface area contributed by atoms with Crippen molar-refractivity contribution in [1.29, 1.82) is 0 Å². The number of thiophene rings is 1. The minimum absolute atomic E-state index is 0.0774. The van der Waals surface area contributed by atoms with Crippen molar-refractivity contribution in [3.05, 3.63) is 21.9 Å². The van der Waals surface area contributed by atoms with Gasteiger partial charge in [-0.1, -0.05) is 19.8 Å². The Hall–Kier alpha value is -0.830. The van der Waals surface area contributed by atoms with E-state index in [9.17, 15) is 4.79 Å². The Bertz CT molecular complexity index is 293. The summed E-state index contributed by atoms with van der Waals surface area (Å²) < 4.78 is 0. The van der Waals surface area contributed by atoms with E-state index in [-0.39, 0.29) is 5.91 Å². The highest BCUT2D eigenvalue weighted by Crippen LogP contribution is 2.14. The second-order valence-electron chi connectivity index (χ2n) is 3.40. The van der Waals surface area contributed by atoms with Crippen molar-refractivity contribution in [2.45, 2.75) is 33.1 Å².